The summed E-state index contributed by atoms with van der Waals surface area (Å²) >= 11 is 0. The average Bonchev–Trinajstić information content (AvgIpc) is 2.12. The van der Waals surface area contributed by atoms with Crippen LogP contribution < -0.4 is 0 Å². The molecule has 0 aromatic heterocycles. The molecule has 0 spiro atoms. The SMILES string of the molecule is CC(C)[C@H]1C[C@@H](CN2CCS(=O)(=O)CC2)C1. The fraction of sp³-hybridized carbons (Fsp3) is 1.00. The van der Waals surface area contributed by atoms with E-state index in [-0.39, 0.29) is 0 Å². The first-order valence-corrected chi connectivity index (χ1v) is 8.21. The second kappa shape index (κ2) is 4.65. The van der Waals surface area contributed by atoms with Crippen molar-refractivity contribution in [1.29, 1.82) is 0 Å². The number of hydrogen-bond acceptors (Lipinski definition) is 3. The van der Waals surface area contributed by atoms with Crippen LogP contribution in [-0.2, 0) is 9.84 Å². The molecule has 1 saturated heterocycles. The minimum absolute atomic E-state index is 0.368. The molecule has 0 aromatic carbocycles. The second-order valence-electron chi connectivity index (χ2n) is 5.79. The highest BCUT2D eigenvalue weighted by molar-refractivity contribution is 7.91. The number of sulfone groups is 1. The number of nitrogens with zero attached hydrogens (tertiary/aromatic N) is 1. The predicted octanol–water partition coefficient (Wildman–Crippen LogP) is 1.40. The molecule has 0 aromatic rings. The van der Waals surface area contributed by atoms with Gasteiger partial charge in [0.1, 0.15) is 0 Å². The lowest BCUT2D eigenvalue weighted by Gasteiger charge is -2.41. The summed E-state index contributed by atoms with van der Waals surface area (Å²) in [5.74, 6) is 3.30. The summed E-state index contributed by atoms with van der Waals surface area (Å²) in [4.78, 5) is 2.34. The standard InChI is InChI=1S/C12H23NO2S/c1-10(2)12-7-11(8-12)9-13-3-5-16(14,15)6-4-13/h10-12H,3-9H2,1-2H3/t11-,12+. The largest absolute Gasteiger partial charge is 0.301 e. The molecular formula is C12H23NO2S. The lowest BCUT2D eigenvalue weighted by Crippen LogP contribution is -2.45. The molecular weight excluding hydrogens is 222 g/mol. The fourth-order valence-corrected chi connectivity index (χ4v) is 4.06. The van der Waals surface area contributed by atoms with Crippen molar-refractivity contribution >= 4 is 9.84 Å². The summed E-state index contributed by atoms with van der Waals surface area (Å²) in [5, 5.41) is 0. The molecule has 1 heterocycles. The molecule has 3 nitrogen and oxygen atoms in total. The monoisotopic (exact) mass is 245 g/mol. The van der Waals surface area contributed by atoms with E-state index in [1.54, 1.807) is 0 Å². The molecule has 16 heavy (non-hydrogen) atoms. The quantitative estimate of drug-likeness (QED) is 0.754. The third-order valence-electron chi connectivity index (χ3n) is 4.17. The molecule has 1 aliphatic heterocycles. The molecule has 0 amide bonds. The van der Waals surface area contributed by atoms with Crippen molar-refractivity contribution in [3.63, 3.8) is 0 Å². The first kappa shape index (κ1) is 12.4. The molecule has 2 fully saturated rings. The van der Waals surface area contributed by atoms with Crippen molar-refractivity contribution in [1.82, 2.24) is 4.90 Å². The van der Waals surface area contributed by atoms with E-state index >= 15 is 0 Å². The Morgan fingerprint density at radius 1 is 1.19 bits per heavy atom. The van der Waals surface area contributed by atoms with Gasteiger partial charge in [-0.05, 0) is 30.6 Å². The molecule has 0 unspecified atom stereocenters. The predicted molar refractivity (Wildman–Crippen MR) is 66.1 cm³/mol. The highest BCUT2D eigenvalue weighted by Crippen LogP contribution is 2.39. The lowest BCUT2D eigenvalue weighted by atomic mass is 9.69. The Morgan fingerprint density at radius 2 is 1.75 bits per heavy atom. The van der Waals surface area contributed by atoms with Gasteiger partial charge in [0.15, 0.2) is 9.84 Å². The molecule has 0 atom stereocenters. The van der Waals surface area contributed by atoms with Crippen LogP contribution in [0.15, 0.2) is 0 Å². The Bertz CT molecular complexity index is 317. The van der Waals surface area contributed by atoms with Crippen LogP contribution in [0.3, 0.4) is 0 Å². The van der Waals surface area contributed by atoms with Gasteiger partial charge in [0.2, 0.25) is 0 Å². The Labute approximate surface area is 99.1 Å². The Balaban J connectivity index is 1.69. The van der Waals surface area contributed by atoms with Gasteiger partial charge in [-0.1, -0.05) is 13.8 Å². The average molecular weight is 245 g/mol. The zero-order valence-electron chi connectivity index (χ0n) is 10.4. The van der Waals surface area contributed by atoms with Gasteiger partial charge < -0.3 is 4.90 Å². The summed E-state index contributed by atoms with van der Waals surface area (Å²) in [6, 6.07) is 0. The molecule has 0 bridgehead atoms. The number of rotatable bonds is 3. The molecule has 1 saturated carbocycles. The van der Waals surface area contributed by atoms with Crippen molar-refractivity contribution in [2.75, 3.05) is 31.1 Å². The lowest BCUT2D eigenvalue weighted by molar-refractivity contribution is 0.0986. The normalized spacial score (nSPS) is 34.9. The van der Waals surface area contributed by atoms with Crippen molar-refractivity contribution in [2.24, 2.45) is 17.8 Å². The maximum Gasteiger partial charge on any atom is 0.152 e. The smallest absolute Gasteiger partial charge is 0.152 e. The van der Waals surface area contributed by atoms with E-state index < -0.39 is 9.84 Å². The van der Waals surface area contributed by atoms with Gasteiger partial charge >= 0.3 is 0 Å². The van der Waals surface area contributed by atoms with Crippen LogP contribution in [0.1, 0.15) is 26.7 Å². The van der Waals surface area contributed by atoms with Crippen LogP contribution in [0.4, 0.5) is 0 Å². The second-order valence-corrected chi connectivity index (χ2v) is 8.10. The zero-order chi connectivity index (χ0) is 11.8. The summed E-state index contributed by atoms with van der Waals surface area (Å²) in [6.45, 7) is 7.23. The third kappa shape index (κ3) is 2.98. The summed E-state index contributed by atoms with van der Waals surface area (Å²) in [6.07, 6.45) is 2.70. The highest BCUT2D eigenvalue weighted by Gasteiger charge is 2.33. The number of hydrogen-bond donors (Lipinski definition) is 0. The molecule has 2 rings (SSSR count). The van der Waals surface area contributed by atoms with Gasteiger partial charge in [-0.2, -0.15) is 0 Å². The maximum absolute atomic E-state index is 11.3. The molecule has 1 aliphatic carbocycles. The van der Waals surface area contributed by atoms with Crippen molar-refractivity contribution in [3.05, 3.63) is 0 Å². The van der Waals surface area contributed by atoms with Gasteiger partial charge in [-0.15, -0.1) is 0 Å². The third-order valence-corrected chi connectivity index (χ3v) is 5.78. The van der Waals surface area contributed by atoms with Crippen molar-refractivity contribution < 1.29 is 8.42 Å². The van der Waals surface area contributed by atoms with Gasteiger partial charge in [0.05, 0.1) is 11.5 Å². The van der Waals surface area contributed by atoms with E-state index in [0.717, 1.165) is 37.4 Å². The van der Waals surface area contributed by atoms with Crippen molar-refractivity contribution in [3.8, 4) is 0 Å². The topological polar surface area (TPSA) is 37.4 Å². The Kier molecular flexibility index (Phi) is 3.59. The van der Waals surface area contributed by atoms with Crippen LogP contribution >= 0.6 is 0 Å². The first-order valence-electron chi connectivity index (χ1n) is 6.39. The van der Waals surface area contributed by atoms with Crippen LogP contribution in [0.2, 0.25) is 0 Å². The van der Waals surface area contributed by atoms with Gasteiger partial charge in [0, 0.05) is 19.6 Å². The minimum Gasteiger partial charge on any atom is -0.301 e. The van der Waals surface area contributed by atoms with Crippen LogP contribution in [0.25, 0.3) is 0 Å². The summed E-state index contributed by atoms with van der Waals surface area (Å²) in [7, 11) is -2.71. The van der Waals surface area contributed by atoms with E-state index in [2.05, 4.69) is 18.7 Å². The molecule has 0 radical (unpaired) electrons. The van der Waals surface area contributed by atoms with E-state index in [1.807, 2.05) is 0 Å². The summed E-state index contributed by atoms with van der Waals surface area (Å²) in [5.41, 5.74) is 0. The van der Waals surface area contributed by atoms with Crippen molar-refractivity contribution in [2.45, 2.75) is 26.7 Å². The van der Waals surface area contributed by atoms with Crippen LogP contribution in [0.5, 0.6) is 0 Å². The molecule has 2 aliphatic rings. The zero-order valence-corrected chi connectivity index (χ0v) is 11.2. The molecule has 4 heteroatoms. The van der Waals surface area contributed by atoms with Gasteiger partial charge in [-0.3, -0.25) is 0 Å². The van der Waals surface area contributed by atoms with Gasteiger partial charge in [0.25, 0.3) is 0 Å². The van der Waals surface area contributed by atoms with E-state index in [0.29, 0.717) is 11.5 Å². The highest BCUT2D eigenvalue weighted by atomic mass is 32.2. The van der Waals surface area contributed by atoms with Crippen LogP contribution in [-0.4, -0.2) is 44.5 Å². The van der Waals surface area contributed by atoms with E-state index in [4.69, 9.17) is 0 Å². The molecule has 0 N–H and O–H groups in total. The summed E-state index contributed by atoms with van der Waals surface area (Å²) < 4.78 is 22.6. The Morgan fingerprint density at radius 3 is 2.25 bits per heavy atom. The molecule has 94 valence electrons. The first-order chi connectivity index (χ1) is 7.46. The Hall–Kier alpha value is -0.0900. The minimum atomic E-state index is -2.71. The fourth-order valence-electron chi connectivity index (χ4n) is 2.78. The maximum atomic E-state index is 11.3. The van der Waals surface area contributed by atoms with E-state index in [1.165, 1.54) is 12.8 Å². The van der Waals surface area contributed by atoms with Gasteiger partial charge in [-0.25, -0.2) is 8.42 Å². The van der Waals surface area contributed by atoms with E-state index in [9.17, 15) is 8.42 Å². The van der Waals surface area contributed by atoms with Crippen LogP contribution in [0, 0.1) is 17.8 Å².